The molecule has 1 unspecified atom stereocenters. The van der Waals surface area contributed by atoms with Crippen LogP contribution < -0.4 is 5.32 Å². The third kappa shape index (κ3) is 4.39. The van der Waals surface area contributed by atoms with Gasteiger partial charge in [0.15, 0.2) is 0 Å². The van der Waals surface area contributed by atoms with Crippen LogP contribution in [-0.4, -0.2) is 33.3 Å². The molecule has 1 atom stereocenters. The molecule has 0 aliphatic carbocycles. The lowest BCUT2D eigenvalue weighted by Crippen LogP contribution is -2.30. The maximum Gasteiger partial charge on any atom is 0.303 e. The zero-order chi connectivity index (χ0) is 14.6. The van der Waals surface area contributed by atoms with E-state index in [-0.39, 0.29) is 24.2 Å². The lowest BCUT2D eigenvalue weighted by molar-refractivity contribution is -0.137. The molecule has 1 rings (SSSR count). The van der Waals surface area contributed by atoms with Crippen molar-refractivity contribution in [1.29, 1.82) is 0 Å². The van der Waals surface area contributed by atoms with Gasteiger partial charge < -0.3 is 10.4 Å². The molecule has 1 aromatic heterocycles. The number of nitrogens with one attached hydrogen (secondary N) is 1. The van der Waals surface area contributed by atoms with Crippen molar-refractivity contribution in [2.75, 3.05) is 6.54 Å². The fourth-order valence-electron chi connectivity index (χ4n) is 1.71. The van der Waals surface area contributed by atoms with E-state index in [2.05, 4.69) is 10.4 Å². The molecule has 0 aliphatic heterocycles. The Labute approximate surface area is 112 Å². The standard InChI is InChI=1S/C13H21N3O3/c1-8(2)10-6-11(16(4)15-10)13(19)14-7-9(3)5-12(17)18/h6,8-9H,5,7H2,1-4H3,(H,14,19)(H,17,18). The van der Waals surface area contributed by atoms with Gasteiger partial charge in [-0.2, -0.15) is 5.10 Å². The number of carbonyl (C=O) groups is 2. The van der Waals surface area contributed by atoms with Crippen molar-refractivity contribution < 1.29 is 14.7 Å². The van der Waals surface area contributed by atoms with Crippen molar-refractivity contribution >= 4 is 11.9 Å². The molecule has 1 aromatic rings. The summed E-state index contributed by atoms with van der Waals surface area (Å²) in [5.41, 5.74) is 1.36. The van der Waals surface area contributed by atoms with Crippen molar-refractivity contribution in [3.63, 3.8) is 0 Å². The van der Waals surface area contributed by atoms with E-state index in [1.807, 2.05) is 13.8 Å². The second-order valence-electron chi connectivity index (χ2n) is 5.15. The monoisotopic (exact) mass is 267 g/mol. The van der Waals surface area contributed by atoms with Gasteiger partial charge in [0.2, 0.25) is 0 Å². The number of aryl methyl sites for hydroxylation is 1. The van der Waals surface area contributed by atoms with Crippen molar-refractivity contribution in [1.82, 2.24) is 15.1 Å². The largest absolute Gasteiger partial charge is 0.481 e. The predicted octanol–water partition coefficient (Wildman–Crippen LogP) is 1.38. The third-order valence-electron chi connectivity index (χ3n) is 2.86. The number of carboxylic acid groups (broad SMARTS) is 1. The van der Waals surface area contributed by atoms with Gasteiger partial charge in [-0.1, -0.05) is 20.8 Å². The number of aromatic nitrogens is 2. The minimum Gasteiger partial charge on any atom is -0.481 e. The summed E-state index contributed by atoms with van der Waals surface area (Å²) in [5, 5.41) is 15.7. The Morgan fingerprint density at radius 1 is 1.42 bits per heavy atom. The van der Waals surface area contributed by atoms with Gasteiger partial charge in [-0.25, -0.2) is 0 Å². The zero-order valence-corrected chi connectivity index (χ0v) is 11.8. The van der Waals surface area contributed by atoms with Crippen LogP contribution in [0.25, 0.3) is 0 Å². The number of carboxylic acids is 1. The molecule has 0 aliphatic rings. The summed E-state index contributed by atoms with van der Waals surface area (Å²) in [6.07, 6.45) is 0.0446. The molecule has 19 heavy (non-hydrogen) atoms. The second kappa shape index (κ2) is 6.36. The molecule has 106 valence electrons. The van der Waals surface area contributed by atoms with E-state index in [9.17, 15) is 9.59 Å². The van der Waals surface area contributed by atoms with Gasteiger partial charge in [0.25, 0.3) is 5.91 Å². The van der Waals surface area contributed by atoms with E-state index in [0.29, 0.717) is 12.2 Å². The Hall–Kier alpha value is -1.85. The van der Waals surface area contributed by atoms with Gasteiger partial charge >= 0.3 is 5.97 Å². The van der Waals surface area contributed by atoms with Crippen LogP contribution >= 0.6 is 0 Å². The zero-order valence-electron chi connectivity index (χ0n) is 11.8. The van der Waals surface area contributed by atoms with E-state index in [1.54, 1.807) is 24.7 Å². The number of nitrogens with zero attached hydrogens (tertiary/aromatic N) is 2. The molecule has 0 saturated carbocycles. The number of aliphatic carboxylic acids is 1. The first-order valence-electron chi connectivity index (χ1n) is 6.35. The fraction of sp³-hybridized carbons (Fsp3) is 0.615. The Kier molecular flexibility index (Phi) is 5.09. The Morgan fingerprint density at radius 2 is 2.05 bits per heavy atom. The van der Waals surface area contributed by atoms with Crippen LogP contribution in [0.1, 0.15) is 49.3 Å². The lowest BCUT2D eigenvalue weighted by atomic mass is 10.1. The Morgan fingerprint density at radius 3 is 2.53 bits per heavy atom. The molecule has 0 bridgehead atoms. The molecule has 0 aromatic carbocycles. The van der Waals surface area contributed by atoms with E-state index in [4.69, 9.17) is 5.11 Å². The highest BCUT2D eigenvalue weighted by atomic mass is 16.4. The molecule has 0 fully saturated rings. The van der Waals surface area contributed by atoms with Crippen LogP contribution in [0.4, 0.5) is 0 Å². The topological polar surface area (TPSA) is 84.2 Å². The van der Waals surface area contributed by atoms with Gasteiger partial charge in [-0.15, -0.1) is 0 Å². The summed E-state index contributed by atoms with van der Waals surface area (Å²) in [5.74, 6) is -0.915. The van der Waals surface area contributed by atoms with Crippen LogP contribution in [0.3, 0.4) is 0 Å². The van der Waals surface area contributed by atoms with Gasteiger partial charge in [0, 0.05) is 20.0 Å². The normalized spacial score (nSPS) is 12.5. The minimum atomic E-state index is -0.857. The highest BCUT2D eigenvalue weighted by Gasteiger charge is 2.16. The summed E-state index contributed by atoms with van der Waals surface area (Å²) >= 11 is 0. The molecule has 1 amide bonds. The van der Waals surface area contributed by atoms with Gasteiger partial charge in [0.05, 0.1) is 5.69 Å². The second-order valence-corrected chi connectivity index (χ2v) is 5.15. The van der Waals surface area contributed by atoms with E-state index in [0.717, 1.165) is 5.69 Å². The van der Waals surface area contributed by atoms with Crippen LogP contribution in [0.5, 0.6) is 0 Å². The van der Waals surface area contributed by atoms with E-state index in [1.165, 1.54) is 0 Å². The van der Waals surface area contributed by atoms with Crippen LogP contribution in [0, 0.1) is 5.92 Å². The molecule has 0 spiro atoms. The number of rotatable bonds is 6. The van der Waals surface area contributed by atoms with Gasteiger partial charge in [-0.05, 0) is 17.9 Å². The average Bonchev–Trinajstić information content (AvgIpc) is 2.67. The SMILES string of the molecule is CC(CNC(=O)c1cc(C(C)C)nn1C)CC(=O)O. The lowest BCUT2D eigenvalue weighted by Gasteiger charge is -2.10. The summed E-state index contributed by atoms with van der Waals surface area (Å²) < 4.78 is 1.55. The number of hydrogen-bond donors (Lipinski definition) is 2. The number of amides is 1. The average molecular weight is 267 g/mol. The van der Waals surface area contributed by atoms with E-state index < -0.39 is 5.97 Å². The molecule has 0 radical (unpaired) electrons. The summed E-state index contributed by atoms with van der Waals surface area (Å²) in [4.78, 5) is 22.5. The van der Waals surface area contributed by atoms with Crippen LogP contribution in [0.15, 0.2) is 6.07 Å². The molecule has 6 nitrogen and oxygen atoms in total. The molecule has 1 heterocycles. The summed E-state index contributed by atoms with van der Waals surface area (Å²) in [7, 11) is 1.72. The quantitative estimate of drug-likeness (QED) is 0.815. The molecular formula is C13H21N3O3. The maximum absolute atomic E-state index is 12.0. The molecule has 2 N–H and O–H groups in total. The van der Waals surface area contributed by atoms with Crippen molar-refractivity contribution in [2.45, 2.75) is 33.1 Å². The maximum atomic E-state index is 12.0. The molecule has 6 heteroatoms. The molecule has 0 saturated heterocycles. The summed E-state index contributed by atoms with van der Waals surface area (Å²) in [6, 6.07) is 1.77. The van der Waals surface area contributed by atoms with Crippen LogP contribution in [0.2, 0.25) is 0 Å². The van der Waals surface area contributed by atoms with Crippen LogP contribution in [-0.2, 0) is 11.8 Å². The van der Waals surface area contributed by atoms with Crippen molar-refractivity contribution in [3.05, 3.63) is 17.5 Å². The molecular weight excluding hydrogens is 246 g/mol. The first kappa shape index (κ1) is 15.2. The first-order valence-corrected chi connectivity index (χ1v) is 6.35. The van der Waals surface area contributed by atoms with Gasteiger partial charge in [0.1, 0.15) is 5.69 Å². The predicted molar refractivity (Wildman–Crippen MR) is 71.0 cm³/mol. The minimum absolute atomic E-state index is 0.0446. The number of hydrogen-bond acceptors (Lipinski definition) is 3. The highest BCUT2D eigenvalue weighted by Crippen LogP contribution is 2.13. The smallest absolute Gasteiger partial charge is 0.303 e. The Balaban J connectivity index is 2.61. The Bertz CT molecular complexity index is 466. The van der Waals surface area contributed by atoms with E-state index >= 15 is 0 Å². The highest BCUT2D eigenvalue weighted by molar-refractivity contribution is 5.92. The third-order valence-corrected chi connectivity index (χ3v) is 2.86. The van der Waals surface area contributed by atoms with Gasteiger partial charge in [-0.3, -0.25) is 14.3 Å². The first-order chi connectivity index (χ1) is 8.81. The summed E-state index contributed by atoms with van der Waals surface area (Å²) in [6.45, 7) is 6.16. The van der Waals surface area contributed by atoms with Crippen molar-refractivity contribution in [3.8, 4) is 0 Å². The number of carbonyl (C=O) groups excluding carboxylic acids is 1. The van der Waals surface area contributed by atoms with Crippen molar-refractivity contribution in [2.24, 2.45) is 13.0 Å². The fourth-order valence-corrected chi connectivity index (χ4v) is 1.71.